The Labute approximate surface area is 82.4 Å². The van der Waals surface area contributed by atoms with Gasteiger partial charge in [-0.3, -0.25) is 4.79 Å². The second kappa shape index (κ2) is 5.42. The summed E-state index contributed by atoms with van der Waals surface area (Å²) in [7, 11) is -1.26. The maximum absolute atomic E-state index is 10.6. The Kier molecular flexibility index (Phi) is 5.29. The van der Waals surface area contributed by atoms with E-state index in [1.54, 1.807) is 0 Å². The third-order valence-electron chi connectivity index (χ3n) is 3.64. The second-order valence-electron chi connectivity index (χ2n) is 3.92. The first-order valence-electron chi connectivity index (χ1n) is 5.24. The van der Waals surface area contributed by atoms with E-state index in [0.29, 0.717) is 12.0 Å². The maximum atomic E-state index is 10.6. The zero-order valence-electron chi connectivity index (χ0n) is 9.26. The number of carboxylic acids is 1. The first-order chi connectivity index (χ1) is 6.02. The summed E-state index contributed by atoms with van der Waals surface area (Å²) in [5.41, 5.74) is 0.421. The number of rotatable bonds is 6. The fraction of sp³-hybridized carbons (Fsp3) is 0.900. The molecule has 0 rings (SSSR count). The van der Waals surface area contributed by atoms with Crippen LogP contribution in [0.4, 0.5) is 0 Å². The normalized spacial score (nSPS) is 14.2. The van der Waals surface area contributed by atoms with Gasteiger partial charge in [0.05, 0.1) is 8.07 Å². The standard InChI is InChI=1S/C10H22O2Si/c1-5-13(6-2,7-3)9(4)8-10(11)12/h9H,5-8H2,1-4H3,(H,11,12). The molecule has 0 aliphatic heterocycles. The van der Waals surface area contributed by atoms with Crippen LogP contribution in [0.5, 0.6) is 0 Å². The fourth-order valence-corrected chi connectivity index (χ4v) is 6.47. The van der Waals surface area contributed by atoms with Crippen molar-refractivity contribution in [3.63, 3.8) is 0 Å². The van der Waals surface area contributed by atoms with Crippen LogP contribution >= 0.6 is 0 Å². The van der Waals surface area contributed by atoms with Crippen molar-refractivity contribution >= 4 is 14.0 Å². The molecule has 0 aliphatic rings. The highest BCUT2D eigenvalue weighted by Gasteiger charge is 2.34. The van der Waals surface area contributed by atoms with E-state index in [4.69, 9.17) is 5.11 Å². The summed E-state index contributed by atoms with van der Waals surface area (Å²) in [5, 5.41) is 8.76. The van der Waals surface area contributed by atoms with Crippen molar-refractivity contribution in [2.24, 2.45) is 0 Å². The predicted molar refractivity (Wildman–Crippen MR) is 58.9 cm³/mol. The van der Waals surface area contributed by atoms with E-state index in [2.05, 4.69) is 27.7 Å². The Morgan fingerprint density at radius 1 is 1.23 bits per heavy atom. The molecule has 0 aromatic carbocycles. The van der Waals surface area contributed by atoms with Gasteiger partial charge in [-0.1, -0.05) is 45.8 Å². The summed E-state index contributed by atoms with van der Waals surface area (Å²) in [4.78, 5) is 10.6. The largest absolute Gasteiger partial charge is 0.481 e. The van der Waals surface area contributed by atoms with Crippen molar-refractivity contribution in [2.45, 2.75) is 57.8 Å². The molecule has 0 aromatic rings. The average molecular weight is 202 g/mol. The van der Waals surface area contributed by atoms with Crippen molar-refractivity contribution < 1.29 is 9.90 Å². The van der Waals surface area contributed by atoms with Crippen molar-refractivity contribution in [1.82, 2.24) is 0 Å². The Morgan fingerprint density at radius 2 is 1.62 bits per heavy atom. The van der Waals surface area contributed by atoms with Gasteiger partial charge >= 0.3 is 5.97 Å². The van der Waals surface area contributed by atoms with Crippen LogP contribution in [0, 0.1) is 0 Å². The van der Waals surface area contributed by atoms with Gasteiger partial charge in [0.25, 0.3) is 0 Å². The van der Waals surface area contributed by atoms with Gasteiger partial charge in [0.1, 0.15) is 0 Å². The van der Waals surface area contributed by atoms with Crippen molar-refractivity contribution in [1.29, 1.82) is 0 Å². The number of hydrogen-bond acceptors (Lipinski definition) is 1. The molecule has 13 heavy (non-hydrogen) atoms. The van der Waals surface area contributed by atoms with Gasteiger partial charge < -0.3 is 5.11 Å². The Bertz CT molecular complexity index is 156. The van der Waals surface area contributed by atoms with E-state index >= 15 is 0 Å². The van der Waals surface area contributed by atoms with E-state index < -0.39 is 14.0 Å². The molecule has 1 atom stereocenters. The van der Waals surface area contributed by atoms with Crippen LogP contribution in [-0.4, -0.2) is 19.1 Å². The summed E-state index contributed by atoms with van der Waals surface area (Å²) < 4.78 is 0. The van der Waals surface area contributed by atoms with Crippen molar-refractivity contribution in [3.8, 4) is 0 Å². The lowest BCUT2D eigenvalue weighted by atomic mass is 10.3. The number of aliphatic carboxylic acids is 1. The van der Waals surface area contributed by atoms with E-state index in [9.17, 15) is 4.79 Å². The first kappa shape index (κ1) is 12.7. The predicted octanol–water partition coefficient (Wildman–Crippen LogP) is 3.36. The Hall–Kier alpha value is -0.313. The molecule has 0 aromatic heterocycles. The lowest BCUT2D eigenvalue weighted by Crippen LogP contribution is -2.37. The summed E-state index contributed by atoms with van der Waals surface area (Å²) in [6, 6.07) is 3.65. The fourth-order valence-electron chi connectivity index (χ4n) is 2.27. The van der Waals surface area contributed by atoms with Gasteiger partial charge in [0.15, 0.2) is 0 Å². The van der Waals surface area contributed by atoms with Crippen LogP contribution in [0.2, 0.25) is 23.7 Å². The van der Waals surface area contributed by atoms with E-state index in [1.165, 1.54) is 18.1 Å². The molecule has 0 amide bonds. The molecule has 0 radical (unpaired) electrons. The smallest absolute Gasteiger partial charge is 0.303 e. The minimum atomic E-state index is -1.26. The molecule has 78 valence electrons. The molecular formula is C10H22O2Si. The van der Waals surface area contributed by atoms with Crippen LogP contribution in [0.1, 0.15) is 34.1 Å². The van der Waals surface area contributed by atoms with Gasteiger partial charge in [0.2, 0.25) is 0 Å². The quantitative estimate of drug-likeness (QED) is 0.671. The van der Waals surface area contributed by atoms with E-state index in [0.717, 1.165) is 0 Å². The Balaban J connectivity index is 4.43. The highest BCUT2D eigenvalue weighted by Crippen LogP contribution is 2.35. The van der Waals surface area contributed by atoms with Crippen molar-refractivity contribution in [3.05, 3.63) is 0 Å². The van der Waals surface area contributed by atoms with Gasteiger partial charge in [-0.25, -0.2) is 0 Å². The third kappa shape index (κ3) is 3.14. The molecule has 2 nitrogen and oxygen atoms in total. The van der Waals surface area contributed by atoms with Crippen LogP contribution < -0.4 is 0 Å². The molecule has 0 saturated heterocycles. The summed E-state index contributed by atoms with van der Waals surface area (Å²) in [6.07, 6.45) is 0.363. The molecule has 0 bridgehead atoms. The molecule has 1 unspecified atom stereocenters. The maximum Gasteiger partial charge on any atom is 0.303 e. The lowest BCUT2D eigenvalue weighted by molar-refractivity contribution is -0.137. The van der Waals surface area contributed by atoms with Crippen LogP contribution in [0.25, 0.3) is 0 Å². The molecule has 0 saturated carbocycles. The van der Waals surface area contributed by atoms with E-state index in [-0.39, 0.29) is 0 Å². The molecule has 3 heteroatoms. The molecule has 0 aliphatic carbocycles. The molecule has 0 spiro atoms. The topological polar surface area (TPSA) is 37.3 Å². The van der Waals surface area contributed by atoms with Crippen LogP contribution in [0.3, 0.4) is 0 Å². The number of hydrogen-bond donors (Lipinski definition) is 1. The minimum absolute atomic E-state index is 0.363. The van der Waals surface area contributed by atoms with Crippen molar-refractivity contribution in [2.75, 3.05) is 0 Å². The lowest BCUT2D eigenvalue weighted by Gasteiger charge is -2.34. The third-order valence-corrected chi connectivity index (χ3v) is 10.2. The molecule has 0 fully saturated rings. The number of carbonyl (C=O) groups is 1. The van der Waals surface area contributed by atoms with Gasteiger partial charge in [-0.2, -0.15) is 0 Å². The van der Waals surface area contributed by atoms with Gasteiger partial charge in [-0.05, 0) is 5.54 Å². The average Bonchev–Trinajstić information content (AvgIpc) is 2.07. The monoisotopic (exact) mass is 202 g/mol. The van der Waals surface area contributed by atoms with Crippen LogP contribution in [-0.2, 0) is 4.79 Å². The second-order valence-corrected chi connectivity index (χ2v) is 9.75. The van der Waals surface area contributed by atoms with Crippen LogP contribution in [0.15, 0.2) is 0 Å². The molecule has 1 N–H and O–H groups in total. The number of carboxylic acid groups (broad SMARTS) is 1. The zero-order chi connectivity index (χ0) is 10.5. The molecule has 0 heterocycles. The van der Waals surface area contributed by atoms with Gasteiger partial charge in [-0.15, -0.1) is 0 Å². The van der Waals surface area contributed by atoms with Gasteiger partial charge in [0, 0.05) is 6.42 Å². The highest BCUT2D eigenvalue weighted by molar-refractivity contribution is 6.81. The summed E-state index contributed by atoms with van der Waals surface area (Å²) in [6.45, 7) is 8.78. The highest BCUT2D eigenvalue weighted by atomic mass is 28.3. The first-order valence-corrected chi connectivity index (χ1v) is 7.94. The van der Waals surface area contributed by atoms with E-state index in [1.807, 2.05) is 0 Å². The SMILES string of the molecule is CC[Si](CC)(CC)C(C)CC(=O)O. The Morgan fingerprint density at radius 3 is 1.85 bits per heavy atom. The minimum Gasteiger partial charge on any atom is -0.481 e. The molecular weight excluding hydrogens is 180 g/mol. The summed E-state index contributed by atoms with van der Waals surface area (Å²) >= 11 is 0. The summed E-state index contributed by atoms with van der Waals surface area (Å²) in [5.74, 6) is -0.639. The zero-order valence-corrected chi connectivity index (χ0v) is 10.3.